The van der Waals surface area contributed by atoms with Crippen LogP contribution in [0.25, 0.3) is 0 Å². The molecule has 6 nitrogen and oxygen atoms in total. The summed E-state index contributed by atoms with van der Waals surface area (Å²) in [6.45, 7) is 0. The van der Waals surface area contributed by atoms with E-state index in [2.05, 4.69) is 20.8 Å². The van der Waals surface area contributed by atoms with E-state index in [-0.39, 0.29) is 11.8 Å². The number of aromatic nitrogens is 4. The molecule has 1 aliphatic carbocycles. The first-order valence-corrected chi connectivity index (χ1v) is 8.39. The summed E-state index contributed by atoms with van der Waals surface area (Å²) in [7, 11) is 0. The maximum atomic E-state index is 13.5. The highest BCUT2D eigenvalue weighted by molar-refractivity contribution is 7.99. The van der Waals surface area contributed by atoms with Crippen LogP contribution in [-0.4, -0.2) is 31.9 Å². The quantitative estimate of drug-likeness (QED) is 0.658. The first-order chi connectivity index (χ1) is 11.6. The fourth-order valence-electron chi connectivity index (χ4n) is 2.60. The number of thioether (sulfide) groups is 1. The van der Waals surface area contributed by atoms with Gasteiger partial charge in [0.15, 0.2) is 17.5 Å². The van der Waals surface area contributed by atoms with Crippen LogP contribution in [0.5, 0.6) is 0 Å². The summed E-state index contributed by atoms with van der Waals surface area (Å²) in [4.78, 5) is 11.9. The van der Waals surface area contributed by atoms with Gasteiger partial charge in [0, 0.05) is 0 Å². The molecule has 0 saturated heterocycles. The molecular formula is C14H14F3N5OS. The van der Waals surface area contributed by atoms with Crippen molar-refractivity contribution in [1.82, 2.24) is 20.2 Å². The number of tetrazole rings is 1. The molecule has 3 rings (SSSR count). The first-order valence-electron chi connectivity index (χ1n) is 7.40. The minimum atomic E-state index is -1.62. The highest BCUT2D eigenvalue weighted by Crippen LogP contribution is 2.31. The van der Waals surface area contributed by atoms with Crippen LogP contribution in [0.2, 0.25) is 0 Å². The van der Waals surface area contributed by atoms with E-state index >= 15 is 0 Å². The van der Waals surface area contributed by atoms with Gasteiger partial charge in [0.25, 0.3) is 0 Å². The van der Waals surface area contributed by atoms with Gasteiger partial charge >= 0.3 is 0 Å². The van der Waals surface area contributed by atoms with Gasteiger partial charge in [0.05, 0.1) is 17.5 Å². The Kier molecular flexibility index (Phi) is 5.03. The van der Waals surface area contributed by atoms with Crippen LogP contribution in [0, 0.1) is 17.5 Å². The predicted molar refractivity (Wildman–Crippen MR) is 81.0 cm³/mol. The molecular weight excluding hydrogens is 343 g/mol. The zero-order chi connectivity index (χ0) is 17.1. The van der Waals surface area contributed by atoms with E-state index in [1.807, 2.05) is 0 Å². The number of hydrogen-bond donors (Lipinski definition) is 1. The molecule has 10 heteroatoms. The van der Waals surface area contributed by atoms with Gasteiger partial charge in [-0.3, -0.25) is 4.79 Å². The van der Waals surface area contributed by atoms with Gasteiger partial charge in [-0.05, 0) is 35.4 Å². The molecule has 1 saturated carbocycles. The summed E-state index contributed by atoms with van der Waals surface area (Å²) in [5, 5.41) is 14.2. The van der Waals surface area contributed by atoms with Crippen molar-refractivity contribution >= 4 is 23.4 Å². The van der Waals surface area contributed by atoms with Crippen LogP contribution in [-0.2, 0) is 4.79 Å². The lowest BCUT2D eigenvalue weighted by atomic mass is 10.3. The molecule has 1 N–H and O–H groups in total. The molecule has 0 atom stereocenters. The Balaban J connectivity index is 1.60. The number of rotatable bonds is 5. The van der Waals surface area contributed by atoms with E-state index < -0.39 is 29.0 Å². The number of halogens is 3. The Hall–Kier alpha value is -2.10. The van der Waals surface area contributed by atoms with Crippen molar-refractivity contribution < 1.29 is 18.0 Å². The maximum absolute atomic E-state index is 13.5. The zero-order valence-electron chi connectivity index (χ0n) is 12.5. The maximum Gasteiger partial charge on any atom is 0.234 e. The molecule has 0 radical (unpaired) electrons. The van der Waals surface area contributed by atoms with E-state index in [1.54, 1.807) is 4.68 Å². The van der Waals surface area contributed by atoms with Crippen molar-refractivity contribution in [2.45, 2.75) is 36.9 Å². The number of amides is 1. The molecule has 0 unspecified atom stereocenters. The second kappa shape index (κ2) is 7.20. The van der Waals surface area contributed by atoms with Gasteiger partial charge in [-0.25, -0.2) is 17.9 Å². The largest absolute Gasteiger partial charge is 0.323 e. The molecule has 1 amide bonds. The fourth-order valence-corrected chi connectivity index (χ4v) is 3.34. The topological polar surface area (TPSA) is 72.7 Å². The number of nitrogens with zero attached hydrogens (tertiary/aromatic N) is 4. The highest BCUT2D eigenvalue weighted by Gasteiger charge is 2.22. The van der Waals surface area contributed by atoms with Gasteiger partial charge in [0.1, 0.15) is 0 Å². The van der Waals surface area contributed by atoms with E-state index in [9.17, 15) is 18.0 Å². The Bertz CT molecular complexity index is 748. The van der Waals surface area contributed by atoms with Crippen LogP contribution in [0.4, 0.5) is 18.9 Å². The lowest BCUT2D eigenvalue weighted by Gasteiger charge is -2.11. The van der Waals surface area contributed by atoms with Crippen LogP contribution in [0.1, 0.15) is 31.7 Å². The minimum absolute atomic E-state index is 0.0778. The average Bonchev–Trinajstić information content (AvgIpc) is 3.24. The predicted octanol–water partition coefficient (Wildman–Crippen LogP) is 2.94. The summed E-state index contributed by atoms with van der Waals surface area (Å²) < 4.78 is 41.2. The van der Waals surface area contributed by atoms with Crippen molar-refractivity contribution in [2.75, 3.05) is 11.1 Å². The number of carbonyl (C=O) groups excluding carboxylic acids is 1. The van der Waals surface area contributed by atoms with Crippen molar-refractivity contribution in [3.63, 3.8) is 0 Å². The van der Waals surface area contributed by atoms with Crippen LogP contribution < -0.4 is 5.32 Å². The molecule has 1 aliphatic rings. The van der Waals surface area contributed by atoms with Crippen molar-refractivity contribution in [3.8, 4) is 0 Å². The number of anilines is 1. The SMILES string of the molecule is O=C(CSc1nnnn1C1CCCC1)Nc1ccc(F)c(F)c1F. The number of hydrogen-bond acceptors (Lipinski definition) is 5. The summed E-state index contributed by atoms with van der Waals surface area (Å²) in [6.07, 6.45) is 4.21. The normalized spacial score (nSPS) is 15.0. The van der Waals surface area contributed by atoms with Gasteiger partial charge in [-0.15, -0.1) is 5.10 Å². The lowest BCUT2D eigenvalue weighted by Crippen LogP contribution is -2.17. The monoisotopic (exact) mass is 357 g/mol. The molecule has 24 heavy (non-hydrogen) atoms. The third-order valence-corrected chi connectivity index (χ3v) is 4.71. The lowest BCUT2D eigenvalue weighted by molar-refractivity contribution is -0.113. The third kappa shape index (κ3) is 3.53. The number of benzene rings is 1. The van der Waals surface area contributed by atoms with Crippen LogP contribution in [0.3, 0.4) is 0 Å². The molecule has 1 aromatic carbocycles. The highest BCUT2D eigenvalue weighted by atomic mass is 32.2. The minimum Gasteiger partial charge on any atom is -0.323 e. The average molecular weight is 357 g/mol. The molecule has 1 heterocycles. The number of nitrogens with one attached hydrogen (secondary N) is 1. The molecule has 1 aromatic heterocycles. The molecule has 128 valence electrons. The second-order valence-corrected chi connectivity index (χ2v) is 6.35. The Morgan fingerprint density at radius 1 is 1.25 bits per heavy atom. The van der Waals surface area contributed by atoms with Crippen molar-refractivity contribution in [1.29, 1.82) is 0 Å². The van der Waals surface area contributed by atoms with Gasteiger partial charge in [-0.1, -0.05) is 24.6 Å². The second-order valence-electron chi connectivity index (χ2n) is 5.40. The smallest absolute Gasteiger partial charge is 0.234 e. The summed E-state index contributed by atoms with van der Waals surface area (Å²) in [5.41, 5.74) is -0.408. The van der Waals surface area contributed by atoms with Crippen molar-refractivity contribution in [2.24, 2.45) is 0 Å². The summed E-state index contributed by atoms with van der Waals surface area (Å²) >= 11 is 1.11. The third-order valence-electron chi connectivity index (χ3n) is 3.77. The summed E-state index contributed by atoms with van der Waals surface area (Å²) in [6, 6.07) is 1.95. The van der Waals surface area contributed by atoms with Gasteiger partial charge in [-0.2, -0.15) is 0 Å². The zero-order valence-corrected chi connectivity index (χ0v) is 13.3. The van der Waals surface area contributed by atoms with Crippen molar-refractivity contribution in [3.05, 3.63) is 29.6 Å². The fraction of sp³-hybridized carbons (Fsp3) is 0.429. The Morgan fingerprint density at radius 3 is 2.75 bits per heavy atom. The Labute approximate surface area is 139 Å². The van der Waals surface area contributed by atoms with E-state index in [0.717, 1.165) is 49.6 Å². The Morgan fingerprint density at radius 2 is 2.00 bits per heavy atom. The standard InChI is InChI=1S/C14H14F3N5OS/c15-9-5-6-10(13(17)12(9)16)18-11(23)7-24-14-19-20-21-22(14)8-3-1-2-4-8/h5-6,8H,1-4,7H2,(H,18,23). The van der Waals surface area contributed by atoms with E-state index in [0.29, 0.717) is 5.16 Å². The van der Waals surface area contributed by atoms with Crippen LogP contribution in [0.15, 0.2) is 17.3 Å². The summed E-state index contributed by atoms with van der Waals surface area (Å²) in [5.74, 6) is -5.00. The number of carbonyl (C=O) groups is 1. The molecule has 0 bridgehead atoms. The van der Waals surface area contributed by atoms with Gasteiger partial charge in [0.2, 0.25) is 11.1 Å². The molecule has 1 fully saturated rings. The molecule has 0 aliphatic heterocycles. The first kappa shape index (κ1) is 16.7. The van der Waals surface area contributed by atoms with Gasteiger partial charge < -0.3 is 5.32 Å². The van der Waals surface area contributed by atoms with Crippen LogP contribution >= 0.6 is 11.8 Å². The van der Waals surface area contributed by atoms with E-state index in [1.165, 1.54) is 0 Å². The molecule has 0 spiro atoms. The van der Waals surface area contributed by atoms with E-state index in [4.69, 9.17) is 0 Å². The molecule has 2 aromatic rings.